The lowest BCUT2D eigenvalue weighted by Crippen LogP contribution is -2.23. The number of fused-ring (bicyclic) bond motifs is 1. The lowest BCUT2D eigenvalue weighted by molar-refractivity contribution is -0.162. The molecule has 1 atom stereocenters. The van der Waals surface area contributed by atoms with Crippen molar-refractivity contribution in [1.29, 1.82) is 0 Å². The fraction of sp³-hybridized carbons (Fsp3) is 0.333. The molecule has 0 aliphatic rings. The maximum atomic E-state index is 12.7. The minimum atomic E-state index is -4.33. The van der Waals surface area contributed by atoms with E-state index in [1.165, 1.54) is 6.20 Å². The normalized spacial score (nSPS) is 14.2. The van der Waals surface area contributed by atoms with Crippen molar-refractivity contribution in [1.82, 2.24) is 14.5 Å². The summed E-state index contributed by atoms with van der Waals surface area (Å²) in [7, 11) is 0. The van der Waals surface area contributed by atoms with Crippen LogP contribution in [0, 0.1) is 3.57 Å². The molecular weight excluding hydrogens is 369 g/mol. The summed E-state index contributed by atoms with van der Waals surface area (Å²) in [5.41, 5.74) is 0.194. The van der Waals surface area contributed by atoms with Crippen molar-refractivity contribution in [3.8, 4) is 0 Å². The van der Waals surface area contributed by atoms with Gasteiger partial charge in [0.05, 0.1) is 5.39 Å². The Morgan fingerprint density at radius 1 is 1.41 bits per heavy atom. The van der Waals surface area contributed by atoms with Gasteiger partial charge in [0.1, 0.15) is 23.2 Å². The van der Waals surface area contributed by atoms with Crippen LogP contribution in [-0.2, 0) is 0 Å². The minimum absolute atomic E-state index is 0.160. The number of halogens is 5. The first-order valence-corrected chi connectivity index (χ1v) is 6.01. The van der Waals surface area contributed by atoms with Gasteiger partial charge >= 0.3 is 6.18 Å². The second-order valence-electron chi connectivity index (χ2n) is 3.46. The summed E-state index contributed by atoms with van der Waals surface area (Å²) in [6.45, 7) is 1.07. The average molecular weight is 376 g/mol. The van der Waals surface area contributed by atoms with E-state index >= 15 is 0 Å². The fourth-order valence-electron chi connectivity index (χ4n) is 1.46. The zero-order valence-corrected chi connectivity index (χ0v) is 11.4. The molecule has 92 valence electrons. The van der Waals surface area contributed by atoms with Crippen LogP contribution in [-0.4, -0.2) is 20.7 Å². The molecule has 0 fully saturated rings. The summed E-state index contributed by atoms with van der Waals surface area (Å²) >= 11 is 7.76. The number of hydrogen-bond acceptors (Lipinski definition) is 2. The van der Waals surface area contributed by atoms with Gasteiger partial charge in [0.15, 0.2) is 0 Å². The van der Waals surface area contributed by atoms with E-state index in [-0.39, 0.29) is 10.8 Å². The Hall–Kier alpha value is -0.570. The largest absolute Gasteiger partial charge is 0.408 e. The molecule has 0 aliphatic heterocycles. The molecule has 0 saturated heterocycles. The molecule has 0 saturated carbocycles. The monoisotopic (exact) mass is 375 g/mol. The highest BCUT2D eigenvalue weighted by Gasteiger charge is 2.38. The number of nitrogens with zero attached hydrogens (tertiary/aromatic N) is 3. The van der Waals surface area contributed by atoms with E-state index in [2.05, 4.69) is 9.97 Å². The van der Waals surface area contributed by atoms with Crippen LogP contribution in [0.2, 0.25) is 5.15 Å². The van der Waals surface area contributed by atoms with E-state index in [4.69, 9.17) is 11.6 Å². The quantitative estimate of drug-likeness (QED) is 0.560. The van der Waals surface area contributed by atoms with Crippen molar-refractivity contribution < 1.29 is 13.2 Å². The first kappa shape index (κ1) is 12.9. The van der Waals surface area contributed by atoms with Crippen LogP contribution >= 0.6 is 34.2 Å². The minimum Gasteiger partial charge on any atom is -0.319 e. The Kier molecular flexibility index (Phi) is 3.23. The Morgan fingerprint density at radius 3 is 2.65 bits per heavy atom. The molecule has 0 aromatic carbocycles. The molecule has 2 heterocycles. The zero-order chi connectivity index (χ0) is 12.8. The predicted molar refractivity (Wildman–Crippen MR) is 66.0 cm³/mol. The molecule has 2 rings (SSSR count). The third-order valence-electron chi connectivity index (χ3n) is 2.41. The van der Waals surface area contributed by atoms with Crippen LogP contribution in [0.15, 0.2) is 12.5 Å². The van der Waals surface area contributed by atoms with Gasteiger partial charge < -0.3 is 4.57 Å². The summed E-state index contributed by atoms with van der Waals surface area (Å²) in [4.78, 5) is 7.62. The maximum absolute atomic E-state index is 12.7. The van der Waals surface area contributed by atoms with Gasteiger partial charge in [0, 0.05) is 9.77 Å². The number of alkyl halides is 3. The molecule has 0 bridgehead atoms. The molecule has 1 unspecified atom stereocenters. The number of aromatic nitrogens is 3. The van der Waals surface area contributed by atoms with Crippen molar-refractivity contribution in [3.63, 3.8) is 0 Å². The zero-order valence-electron chi connectivity index (χ0n) is 8.46. The van der Waals surface area contributed by atoms with E-state index in [9.17, 15) is 13.2 Å². The van der Waals surface area contributed by atoms with Gasteiger partial charge in [0.25, 0.3) is 0 Å². The molecule has 2 aromatic rings. The van der Waals surface area contributed by atoms with Gasteiger partial charge in [-0.1, -0.05) is 11.6 Å². The van der Waals surface area contributed by atoms with E-state index in [1.54, 1.807) is 0 Å². The van der Waals surface area contributed by atoms with Crippen LogP contribution in [0.4, 0.5) is 13.2 Å². The summed E-state index contributed by atoms with van der Waals surface area (Å²) in [5.74, 6) is 0. The second-order valence-corrected chi connectivity index (χ2v) is 4.99. The van der Waals surface area contributed by atoms with Crippen molar-refractivity contribution in [3.05, 3.63) is 21.2 Å². The molecule has 8 heteroatoms. The summed E-state index contributed by atoms with van der Waals surface area (Å²) in [6, 6.07) is -1.65. The Bertz CT molecular complexity index is 566. The van der Waals surface area contributed by atoms with Crippen LogP contribution in [0.3, 0.4) is 0 Å². The molecule has 0 aliphatic carbocycles. The van der Waals surface area contributed by atoms with Gasteiger partial charge in [-0.15, -0.1) is 0 Å². The standard InChI is InChI=1S/C9H6ClF3IN3/c1-4(9(11,12)13)17-2-5(14)6-7(10)15-3-16-8(6)17/h2-4H,1H3. The lowest BCUT2D eigenvalue weighted by Gasteiger charge is -2.17. The molecule has 17 heavy (non-hydrogen) atoms. The second kappa shape index (κ2) is 4.27. The van der Waals surface area contributed by atoms with Gasteiger partial charge in [-0.3, -0.25) is 0 Å². The summed E-state index contributed by atoms with van der Waals surface area (Å²) < 4.78 is 39.7. The highest BCUT2D eigenvalue weighted by atomic mass is 127. The van der Waals surface area contributed by atoms with E-state index < -0.39 is 12.2 Å². The Balaban J connectivity index is 2.68. The van der Waals surface area contributed by atoms with Crippen molar-refractivity contribution in [2.24, 2.45) is 0 Å². The topological polar surface area (TPSA) is 30.7 Å². The Morgan fingerprint density at radius 2 is 2.06 bits per heavy atom. The molecule has 2 aromatic heterocycles. The maximum Gasteiger partial charge on any atom is 0.408 e. The molecule has 0 spiro atoms. The highest BCUT2D eigenvalue weighted by Crippen LogP contribution is 2.35. The number of rotatable bonds is 1. The average Bonchev–Trinajstić information content (AvgIpc) is 2.55. The summed E-state index contributed by atoms with van der Waals surface area (Å²) in [6.07, 6.45) is -1.79. The van der Waals surface area contributed by atoms with Crippen molar-refractivity contribution in [2.45, 2.75) is 19.1 Å². The highest BCUT2D eigenvalue weighted by molar-refractivity contribution is 14.1. The Labute approximate surface area is 113 Å². The smallest absolute Gasteiger partial charge is 0.319 e. The van der Waals surface area contributed by atoms with Gasteiger partial charge in [-0.25, -0.2) is 9.97 Å². The van der Waals surface area contributed by atoms with Crippen LogP contribution in [0.25, 0.3) is 11.0 Å². The lowest BCUT2D eigenvalue weighted by atomic mass is 10.3. The van der Waals surface area contributed by atoms with Gasteiger partial charge in [-0.2, -0.15) is 13.2 Å². The fourth-order valence-corrected chi connectivity index (χ4v) is 2.64. The van der Waals surface area contributed by atoms with E-state index in [0.29, 0.717) is 8.96 Å². The van der Waals surface area contributed by atoms with Crippen LogP contribution < -0.4 is 0 Å². The van der Waals surface area contributed by atoms with Crippen molar-refractivity contribution in [2.75, 3.05) is 0 Å². The molecule has 3 nitrogen and oxygen atoms in total. The van der Waals surface area contributed by atoms with Crippen molar-refractivity contribution >= 4 is 45.2 Å². The SMILES string of the molecule is CC(n1cc(I)c2c(Cl)ncnc21)C(F)(F)F. The van der Waals surface area contributed by atoms with E-state index in [1.807, 2.05) is 22.6 Å². The van der Waals surface area contributed by atoms with Gasteiger partial charge in [0.2, 0.25) is 0 Å². The molecule has 0 amide bonds. The van der Waals surface area contributed by atoms with Gasteiger partial charge in [-0.05, 0) is 29.5 Å². The first-order valence-electron chi connectivity index (χ1n) is 4.55. The molecular formula is C9H6ClF3IN3. The van der Waals surface area contributed by atoms with Crippen LogP contribution in [0.1, 0.15) is 13.0 Å². The third kappa shape index (κ3) is 2.22. The predicted octanol–water partition coefficient (Wildman–Crippen LogP) is 3.81. The third-order valence-corrected chi connectivity index (χ3v) is 3.51. The van der Waals surface area contributed by atoms with Crippen LogP contribution in [0.5, 0.6) is 0 Å². The first-order chi connectivity index (χ1) is 7.82. The van der Waals surface area contributed by atoms with E-state index in [0.717, 1.165) is 17.8 Å². The summed E-state index contributed by atoms with van der Waals surface area (Å²) in [5, 5.41) is 0.610. The number of hydrogen-bond donors (Lipinski definition) is 0. The molecule has 0 radical (unpaired) electrons. The molecule has 0 N–H and O–H groups in total.